The molecule has 2 heterocycles. The number of carbonyl (C=O) groups is 2. The average Bonchev–Trinajstić information content (AvgIpc) is 3.11. The second-order valence-electron chi connectivity index (χ2n) is 11.9. The summed E-state index contributed by atoms with van der Waals surface area (Å²) in [6, 6.07) is 18.1. The molecule has 4 rings (SSSR count). The minimum Gasteiger partial charge on any atom is -0.453 e. The number of allylic oxidation sites excluding steroid dienone is 4. The van der Waals surface area contributed by atoms with Gasteiger partial charge in [-0.2, -0.15) is 13.2 Å². The standard InChI is InChI=1S/C38H43F3N4O4S/c1-5-6-8-14-25(2)33(28-16-9-7-10-17-28)34(45-37(47)48-4)35(46)44-31-19-12-11-15-27(31)20-21-29-23-43-26(3)32(49-29)24-50-36-30(38(39,40)41)18-13-22-42-36/h5-19,22,26,29,32-34,43H,1,20-21,23-24H2,2-4H3,(H,44,46)(H,45,47)/b8-6-,25-14+/t26-,29-,32-,33?,34+/m1/s1. The molecule has 0 saturated carbocycles. The van der Waals surface area contributed by atoms with Crippen molar-refractivity contribution in [3.8, 4) is 0 Å². The number of carbonyl (C=O) groups excluding carboxylic acids is 2. The molecule has 12 heteroatoms. The van der Waals surface area contributed by atoms with Crippen LogP contribution in [0.5, 0.6) is 0 Å². The number of hydrogen-bond donors (Lipinski definition) is 3. The van der Waals surface area contributed by atoms with Gasteiger partial charge in [-0.3, -0.25) is 4.79 Å². The molecule has 1 fully saturated rings. The quantitative estimate of drug-likeness (QED) is 0.117. The Labute approximate surface area is 295 Å². The second kappa shape index (κ2) is 18.6. The van der Waals surface area contributed by atoms with Crippen molar-refractivity contribution in [2.45, 2.75) is 68.1 Å². The van der Waals surface area contributed by atoms with E-state index in [9.17, 15) is 22.8 Å². The van der Waals surface area contributed by atoms with Crippen LogP contribution in [-0.4, -0.2) is 60.7 Å². The van der Waals surface area contributed by atoms with Gasteiger partial charge >= 0.3 is 12.3 Å². The molecule has 0 bridgehead atoms. The number of nitrogens with zero attached hydrogens (tertiary/aromatic N) is 1. The molecule has 2 amide bonds. The number of para-hydroxylation sites is 1. The topological polar surface area (TPSA) is 102 Å². The molecule has 1 aliphatic heterocycles. The largest absolute Gasteiger partial charge is 0.453 e. The third kappa shape index (κ3) is 10.8. The predicted octanol–water partition coefficient (Wildman–Crippen LogP) is 7.71. The van der Waals surface area contributed by atoms with Crippen molar-refractivity contribution in [2.24, 2.45) is 0 Å². The first-order chi connectivity index (χ1) is 24.0. The molecular weight excluding hydrogens is 666 g/mol. The van der Waals surface area contributed by atoms with Crippen LogP contribution in [0.25, 0.3) is 0 Å². The monoisotopic (exact) mass is 708 g/mol. The highest BCUT2D eigenvalue weighted by atomic mass is 32.2. The molecule has 1 unspecified atom stereocenters. The number of methoxy groups -OCH3 is 1. The number of thioether (sulfide) groups is 1. The van der Waals surface area contributed by atoms with E-state index in [2.05, 4.69) is 27.5 Å². The summed E-state index contributed by atoms with van der Waals surface area (Å²) in [5.74, 6) is -0.647. The van der Waals surface area contributed by atoms with Crippen LogP contribution in [0.4, 0.5) is 23.7 Å². The van der Waals surface area contributed by atoms with Crippen LogP contribution >= 0.6 is 11.8 Å². The van der Waals surface area contributed by atoms with Crippen molar-refractivity contribution in [2.75, 3.05) is 24.7 Å². The minimum absolute atomic E-state index is 0.0649. The van der Waals surface area contributed by atoms with Crippen molar-refractivity contribution in [3.05, 3.63) is 126 Å². The normalized spacial score (nSPS) is 19.4. The van der Waals surface area contributed by atoms with E-state index in [0.29, 0.717) is 30.8 Å². The van der Waals surface area contributed by atoms with Crippen LogP contribution in [0.1, 0.15) is 42.9 Å². The van der Waals surface area contributed by atoms with Gasteiger partial charge in [0.2, 0.25) is 5.91 Å². The van der Waals surface area contributed by atoms with Gasteiger partial charge in [0, 0.05) is 36.1 Å². The number of anilines is 1. The Kier molecular flexibility index (Phi) is 14.3. The van der Waals surface area contributed by atoms with Gasteiger partial charge in [0.05, 0.1) is 24.9 Å². The fourth-order valence-electron chi connectivity index (χ4n) is 5.74. The SMILES string of the molecule is C=C/C=C\C=C(/C)C(c1ccccc1)[C@H](NC(=O)OC)C(=O)Nc1ccccc1CC[C@@H]1CN[C@H](C)[C@@H](CSc2ncccc2C(F)(F)F)O1. The number of hydrogen-bond acceptors (Lipinski definition) is 7. The first-order valence-corrected chi connectivity index (χ1v) is 17.3. The van der Waals surface area contributed by atoms with Gasteiger partial charge in [-0.05, 0) is 56.0 Å². The highest BCUT2D eigenvalue weighted by molar-refractivity contribution is 7.99. The number of nitrogens with one attached hydrogen (secondary N) is 3. The second-order valence-corrected chi connectivity index (χ2v) is 12.9. The van der Waals surface area contributed by atoms with E-state index in [1.807, 2.05) is 80.6 Å². The molecule has 1 saturated heterocycles. The van der Waals surface area contributed by atoms with E-state index >= 15 is 0 Å². The molecule has 50 heavy (non-hydrogen) atoms. The lowest BCUT2D eigenvalue weighted by molar-refractivity contribution is -0.140. The number of aryl methyl sites for hydroxylation is 1. The number of amides is 2. The molecule has 5 atom stereocenters. The Morgan fingerprint density at radius 2 is 1.86 bits per heavy atom. The lowest BCUT2D eigenvalue weighted by atomic mass is 9.84. The maximum absolute atomic E-state index is 14.1. The van der Waals surface area contributed by atoms with Crippen molar-refractivity contribution in [3.63, 3.8) is 0 Å². The van der Waals surface area contributed by atoms with Crippen LogP contribution in [0, 0.1) is 0 Å². The van der Waals surface area contributed by atoms with E-state index in [1.165, 1.54) is 19.4 Å². The summed E-state index contributed by atoms with van der Waals surface area (Å²) in [6.45, 7) is 8.13. The number of benzene rings is 2. The highest BCUT2D eigenvalue weighted by Gasteiger charge is 2.36. The molecule has 266 valence electrons. The van der Waals surface area contributed by atoms with Crippen LogP contribution in [0.15, 0.2) is 114 Å². The number of ether oxygens (including phenoxy) is 2. The number of alkyl carbamates (subject to hydrolysis) is 1. The van der Waals surface area contributed by atoms with E-state index in [4.69, 9.17) is 9.47 Å². The van der Waals surface area contributed by atoms with Gasteiger partial charge in [-0.15, -0.1) is 11.8 Å². The fourth-order valence-corrected chi connectivity index (χ4v) is 6.90. The number of halogens is 3. The molecule has 2 aromatic carbocycles. The summed E-state index contributed by atoms with van der Waals surface area (Å²) in [5, 5.41) is 9.14. The third-order valence-corrected chi connectivity index (χ3v) is 9.49. The summed E-state index contributed by atoms with van der Waals surface area (Å²) in [4.78, 5) is 30.6. The van der Waals surface area contributed by atoms with Crippen molar-refractivity contribution < 1.29 is 32.2 Å². The van der Waals surface area contributed by atoms with Crippen LogP contribution in [0.2, 0.25) is 0 Å². The summed E-state index contributed by atoms with van der Waals surface area (Å²) in [6.07, 6.45) is 3.86. The summed E-state index contributed by atoms with van der Waals surface area (Å²) >= 11 is 1.03. The Morgan fingerprint density at radius 1 is 1.12 bits per heavy atom. The number of rotatable bonds is 14. The lowest BCUT2D eigenvalue weighted by Crippen LogP contribution is -2.52. The number of pyridine rings is 1. The zero-order chi connectivity index (χ0) is 36.1. The van der Waals surface area contributed by atoms with Gasteiger partial charge in [0.15, 0.2) is 0 Å². The van der Waals surface area contributed by atoms with E-state index in [0.717, 1.165) is 34.5 Å². The number of aromatic nitrogens is 1. The Morgan fingerprint density at radius 3 is 2.58 bits per heavy atom. The smallest absolute Gasteiger partial charge is 0.419 e. The molecule has 8 nitrogen and oxygen atoms in total. The van der Waals surface area contributed by atoms with Gasteiger partial charge in [-0.1, -0.05) is 85.0 Å². The zero-order valence-electron chi connectivity index (χ0n) is 28.3. The number of alkyl halides is 3. The average molecular weight is 709 g/mol. The molecule has 3 N–H and O–H groups in total. The Hall–Kier alpha value is -4.39. The molecule has 3 aromatic rings. The summed E-state index contributed by atoms with van der Waals surface area (Å²) in [7, 11) is 1.25. The van der Waals surface area contributed by atoms with Crippen molar-refractivity contribution in [1.29, 1.82) is 0 Å². The van der Waals surface area contributed by atoms with E-state index in [1.54, 1.807) is 12.2 Å². The van der Waals surface area contributed by atoms with Gasteiger partial charge in [-0.25, -0.2) is 9.78 Å². The van der Waals surface area contributed by atoms with E-state index in [-0.39, 0.29) is 23.3 Å². The van der Waals surface area contributed by atoms with Crippen molar-refractivity contribution in [1.82, 2.24) is 15.6 Å². The summed E-state index contributed by atoms with van der Waals surface area (Å²) in [5.41, 5.74) is 2.37. The van der Waals surface area contributed by atoms with Crippen LogP contribution < -0.4 is 16.0 Å². The molecule has 0 aliphatic carbocycles. The molecule has 0 spiro atoms. The van der Waals surface area contributed by atoms with Gasteiger partial charge < -0.3 is 25.4 Å². The number of morpholine rings is 1. The van der Waals surface area contributed by atoms with Crippen LogP contribution in [0.3, 0.4) is 0 Å². The Bertz CT molecular complexity index is 1650. The minimum atomic E-state index is -4.49. The molecular formula is C38H43F3N4O4S. The third-order valence-electron chi connectivity index (χ3n) is 8.39. The molecule has 1 aromatic heterocycles. The molecule has 0 radical (unpaired) electrons. The maximum Gasteiger partial charge on any atom is 0.419 e. The first kappa shape index (κ1) is 38.4. The highest BCUT2D eigenvalue weighted by Crippen LogP contribution is 2.36. The van der Waals surface area contributed by atoms with Crippen LogP contribution in [-0.2, 0) is 26.9 Å². The lowest BCUT2D eigenvalue weighted by Gasteiger charge is -2.36. The predicted molar refractivity (Wildman–Crippen MR) is 191 cm³/mol. The van der Waals surface area contributed by atoms with E-state index < -0.39 is 35.7 Å². The van der Waals surface area contributed by atoms with Gasteiger partial charge in [0.25, 0.3) is 0 Å². The Balaban J connectivity index is 1.48. The zero-order valence-corrected chi connectivity index (χ0v) is 29.1. The first-order valence-electron chi connectivity index (χ1n) is 16.3. The van der Waals surface area contributed by atoms with Gasteiger partial charge in [0.1, 0.15) is 11.1 Å². The fraction of sp³-hybridized carbons (Fsp3) is 0.342. The van der Waals surface area contributed by atoms with Crippen molar-refractivity contribution >= 4 is 29.4 Å². The summed E-state index contributed by atoms with van der Waals surface area (Å²) < 4.78 is 51.8. The molecule has 1 aliphatic rings. The maximum atomic E-state index is 14.1.